The van der Waals surface area contributed by atoms with Gasteiger partial charge in [-0.1, -0.05) is 12.1 Å². The van der Waals surface area contributed by atoms with Gasteiger partial charge in [-0.3, -0.25) is 14.7 Å². The van der Waals surface area contributed by atoms with E-state index < -0.39 is 0 Å². The molecule has 6 heteroatoms. The van der Waals surface area contributed by atoms with Crippen LogP contribution in [-0.2, 0) is 19.5 Å². The molecule has 4 rings (SSSR count). The molecule has 2 aliphatic rings. The van der Waals surface area contributed by atoms with Gasteiger partial charge in [-0.2, -0.15) is 0 Å². The summed E-state index contributed by atoms with van der Waals surface area (Å²) in [5, 5.41) is 0. The minimum Gasteiger partial charge on any atom is -0.494 e. The zero-order valence-corrected chi connectivity index (χ0v) is 15.8. The van der Waals surface area contributed by atoms with Gasteiger partial charge in [-0.25, -0.2) is 4.98 Å². The predicted molar refractivity (Wildman–Crippen MR) is 106 cm³/mol. The van der Waals surface area contributed by atoms with E-state index >= 15 is 0 Å². The fourth-order valence-electron chi connectivity index (χ4n) is 3.80. The van der Waals surface area contributed by atoms with Crippen molar-refractivity contribution in [3.63, 3.8) is 0 Å². The van der Waals surface area contributed by atoms with Crippen LogP contribution in [0.1, 0.15) is 48.8 Å². The van der Waals surface area contributed by atoms with Crippen molar-refractivity contribution < 1.29 is 4.74 Å². The molecule has 3 heterocycles. The summed E-state index contributed by atoms with van der Waals surface area (Å²) < 4.78 is 5.59. The van der Waals surface area contributed by atoms with Gasteiger partial charge in [0, 0.05) is 32.6 Å². The third-order valence-corrected chi connectivity index (χ3v) is 5.16. The van der Waals surface area contributed by atoms with Crippen molar-refractivity contribution in [3.05, 3.63) is 57.3 Å². The van der Waals surface area contributed by atoms with Crippen LogP contribution in [0.4, 0.5) is 0 Å². The van der Waals surface area contributed by atoms with Crippen molar-refractivity contribution in [2.75, 3.05) is 19.7 Å². The number of aromatic amines is 1. The molecule has 0 unspecified atom stereocenters. The topological polar surface area (TPSA) is 70.6 Å². The maximum absolute atomic E-state index is 12.7. The van der Waals surface area contributed by atoms with Crippen LogP contribution < -0.4 is 10.3 Å². The minimum absolute atomic E-state index is 0.0176. The molecule has 27 heavy (non-hydrogen) atoms. The van der Waals surface area contributed by atoms with Gasteiger partial charge in [0.15, 0.2) is 5.82 Å². The molecule has 1 N–H and O–H groups in total. The Morgan fingerprint density at radius 1 is 1.26 bits per heavy atom. The second kappa shape index (κ2) is 8.05. The number of H-pyrrole nitrogens is 1. The molecular formula is C21H26N4O2. The van der Waals surface area contributed by atoms with Crippen molar-refractivity contribution in [3.8, 4) is 5.75 Å². The zero-order valence-electron chi connectivity index (χ0n) is 15.8. The summed E-state index contributed by atoms with van der Waals surface area (Å²) in [5.41, 5.74) is 3.86. The van der Waals surface area contributed by atoms with Crippen LogP contribution in [-0.4, -0.2) is 40.3 Å². The lowest BCUT2D eigenvalue weighted by Gasteiger charge is -2.28. The Balaban J connectivity index is 1.51. The summed E-state index contributed by atoms with van der Waals surface area (Å²) in [6.45, 7) is 5.81. The zero-order chi connectivity index (χ0) is 18.6. The number of nitrogens with zero attached hydrogens (tertiary/aromatic N) is 3. The van der Waals surface area contributed by atoms with Crippen LogP contribution in [0.25, 0.3) is 0 Å². The SMILES string of the molecule is CCOc1cccc(CN2CCc3nc(C4=NCCCC4)[nH]c(=O)c3C2)c1. The van der Waals surface area contributed by atoms with E-state index in [9.17, 15) is 4.79 Å². The van der Waals surface area contributed by atoms with Crippen molar-refractivity contribution in [2.45, 2.75) is 45.7 Å². The molecule has 142 valence electrons. The standard InChI is InChI=1S/C21H26N4O2/c1-2-27-16-7-5-6-15(12-16)13-25-11-9-18-17(14-25)21(26)24-20(23-18)19-8-3-4-10-22-19/h5-7,12H,2-4,8-11,13-14H2,1H3,(H,23,24,26). The van der Waals surface area contributed by atoms with E-state index in [1.165, 1.54) is 5.56 Å². The van der Waals surface area contributed by atoms with Crippen molar-refractivity contribution in [1.82, 2.24) is 14.9 Å². The fraction of sp³-hybridized carbons (Fsp3) is 0.476. The average Bonchev–Trinajstić information content (AvgIpc) is 2.69. The van der Waals surface area contributed by atoms with E-state index in [1.807, 2.05) is 19.1 Å². The second-order valence-electron chi connectivity index (χ2n) is 7.17. The summed E-state index contributed by atoms with van der Waals surface area (Å²) in [7, 11) is 0. The lowest BCUT2D eigenvalue weighted by atomic mass is 10.0. The first kappa shape index (κ1) is 17.9. The quantitative estimate of drug-likeness (QED) is 0.883. The smallest absolute Gasteiger partial charge is 0.255 e. The summed E-state index contributed by atoms with van der Waals surface area (Å²) in [4.78, 5) is 27.2. The summed E-state index contributed by atoms with van der Waals surface area (Å²) in [5.74, 6) is 1.57. The maximum Gasteiger partial charge on any atom is 0.255 e. The van der Waals surface area contributed by atoms with E-state index in [2.05, 4.69) is 27.0 Å². The van der Waals surface area contributed by atoms with Gasteiger partial charge in [0.1, 0.15) is 5.75 Å². The molecule has 2 aliphatic heterocycles. The molecule has 0 saturated carbocycles. The van der Waals surface area contributed by atoms with Crippen LogP contribution >= 0.6 is 0 Å². The number of hydrogen-bond acceptors (Lipinski definition) is 5. The highest BCUT2D eigenvalue weighted by molar-refractivity contribution is 5.97. The molecule has 0 amide bonds. The highest BCUT2D eigenvalue weighted by Crippen LogP contribution is 2.20. The lowest BCUT2D eigenvalue weighted by molar-refractivity contribution is 0.241. The highest BCUT2D eigenvalue weighted by Gasteiger charge is 2.22. The van der Waals surface area contributed by atoms with Gasteiger partial charge in [0.05, 0.1) is 23.6 Å². The predicted octanol–water partition coefficient (Wildman–Crippen LogP) is 2.70. The fourth-order valence-corrected chi connectivity index (χ4v) is 3.80. The first-order chi connectivity index (χ1) is 13.2. The first-order valence-corrected chi connectivity index (χ1v) is 9.83. The van der Waals surface area contributed by atoms with Gasteiger partial charge < -0.3 is 9.72 Å². The number of hydrogen-bond donors (Lipinski definition) is 1. The number of rotatable bonds is 5. The Morgan fingerprint density at radius 3 is 3.00 bits per heavy atom. The molecule has 0 spiro atoms. The van der Waals surface area contributed by atoms with Gasteiger partial charge in [-0.05, 0) is 43.9 Å². The molecule has 6 nitrogen and oxygen atoms in total. The minimum atomic E-state index is -0.0176. The van der Waals surface area contributed by atoms with E-state index in [1.54, 1.807) is 0 Å². The average molecular weight is 366 g/mol. The Labute approximate surface area is 159 Å². The van der Waals surface area contributed by atoms with Crippen LogP contribution in [0.5, 0.6) is 5.75 Å². The Hall–Kier alpha value is -2.47. The molecule has 0 atom stereocenters. The van der Waals surface area contributed by atoms with Gasteiger partial charge >= 0.3 is 0 Å². The molecule has 1 aromatic carbocycles. The van der Waals surface area contributed by atoms with E-state index in [0.717, 1.165) is 68.0 Å². The van der Waals surface area contributed by atoms with Crippen molar-refractivity contribution in [2.24, 2.45) is 4.99 Å². The molecule has 0 radical (unpaired) electrons. The first-order valence-electron chi connectivity index (χ1n) is 9.83. The van der Waals surface area contributed by atoms with E-state index in [4.69, 9.17) is 9.72 Å². The van der Waals surface area contributed by atoms with Crippen LogP contribution in [0.2, 0.25) is 0 Å². The summed E-state index contributed by atoms with van der Waals surface area (Å²) in [6.07, 6.45) is 3.95. The molecular weight excluding hydrogens is 340 g/mol. The molecule has 0 fully saturated rings. The molecule has 0 bridgehead atoms. The van der Waals surface area contributed by atoms with E-state index in [-0.39, 0.29) is 5.56 Å². The monoisotopic (exact) mass is 366 g/mol. The molecule has 1 aromatic heterocycles. The number of nitrogens with one attached hydrogen (secondary N) is 1. The third-order valence-electron chi connectivity index (χ3n) is 5.16. The Kier molecular flexibility index (Phi) is 5.34. The Morgan fingerprint density at radius 2 is 2.19 bits per heavy atom. The maximum atomic E-state index is 12.7. The molecule has 0 aliphatic carbocycles. The van der Waals surface area contributed by atoms with Crippen molar-refractivity contribution >= 4 is 5.71 Å². The second-order valence-corrected chi connectivity index (χ2v) is 7.17. The normalized spacial score (nSPS) is 17.3. The number of aliphatic imine (C=N–C) groups is 1. The third kappa shape index (κ3) is 4.11. The number of fused-ring (bicyclic) bond motifs is 1. The molecule has 2 aromatic rings. The van der Waals surface area contributed by atoms with Gasteiger partial charge in [0.2, 0.25) is 0 Å². The lowest BCUT2D eigenvalue weighted by Crippen LogP contribution is -2.36. The largest absolute Gasteiger partial charge is 0.494 e. The summed E-state index contributed by atoms with van der Waals surface area (Å²) >= 11 is 0. The number of benzene rings is 1. The van der Waals surface area contributed by atoms with E-state index in [0.29, 0.717) is 19.0 Å². The van der Waals surface area contributed by atoms with Crippen LogP contribution in [0.15, 0.2) is 34.1 Å². The highest BCUT2D eigenvalue weighted by atomic mass is 16.5. The number of ether oxygens (including phenoxy) is 1. The van der Waals surface area contributed by atoms with Gasteiger partial charge in [-0.15, -0.1) is 0 Å². The Bertz CT molecular complexity index is 903. The molecule has 0 saturated heterocycles. The van der Waals surface area contributed by atoms with Crippen LogP contribution in [0.3, 0.4) is 0 Å². The van der Waals surface area contributed by atoms with Crippen molar-refractivity contribution in [1.29, 1.82) is 0 Å². The van der Waals surface area contributed by atoms with Crippen LogP contribution in [0, 0.1) is 0 Å². The summed E-state index contributed by atoms with van der Waals surface area (Å²) in [6, 6.07) is 8.17. The van der Waals surface area contributed by atoms with Gasteiger partial charge in [0.25, 0.3) is 5.56 Å². The number of aromatic nitrogens is 2.